The molecule has 3 unspecified atom stereocenters. The van der Waals surface area contributed by atoms with Crippen molar-refractivity contribution in [3.8, 4) is 0 Å². The Labute approximate surface area is 56.0 Å². The number of hydrogen-bond acceptors (Lipinski definition) is 0. The molecule has 9 heavy (non-hydrogen) atoms. The molecule has 0 saturated heterocycles. The Bertz CT molecular complexity index is 178. The number of allylic oxidation sites excluding steroid dienone is 2. The highest BCUT2D eigenvalue weighted by Gasteiger charge is 2.42. The van der Waals surface area contributed by atoms with E-state index in [0.29, 0.717) is 0 Å². The summed E-state index contributed by atoms with van der Waals surface area (Å²) in [6.07, 6.45) is 8.64. The standard InChI is InChI=1S/C9H12/c1-2-7-3-6(1)8-4-9(7)5-8/h4,6-8H,1-3,5H2. The van der Waals surface area contributed by atoms with Crippen LogP contribution in [0.3, 0.4) is 0 Å². The van der Waals surface area contributed by atoms with E-state index < -0.39 is 0 Å². The van der Waals surface area contributed by atoms with Crippen LogP contribution < -0.4 is 0 Å². The topological polar surface area (TPSA) is 0 Å². The summed E-state index contributed by atoms with van der Waals surface area (Å²) in [6, 6.07) is 0. The van der Waals surface area contributed by atoms with Gasteiger partial charge in [0, 0.05) is 0 Å². The Kier molecular flexibility index (Phi) is 0.633. The molecule has 0 aliphatic heterocycles. The van der Waals surface area contributed by atoms with E-state index in [4.69, 9.17) is 0 Å². The Balaban J connectivity index is 2.08. The van der Waals surface area contributed by atoms with Crippen LogP contribution in [0.1, 0.15) is 25.7 Å². The third-order valence-corrected chi connectivity index (χ3v) is 3.50. The first kappa shape index (κ1) is 4.54. The fourth-order valence-corrected chi connectivity index (χ4v) is 2.86. The lowest BCUT2D eigenvalue weighted by Crippen LogP contribution is -2.26. The summed E-state index contributed by atoms with van der Waals surface area (Å²) < 4.78 is 0. The van der Waals surface area contributed by atoms with Gasteiger partial charge >= 0.3 is 0 Å². The Morgan fingerprint density at radius 3 is 2.89 bits per heavy atom. The van der Waals surface area contributed by atoms with Crippen molar-refractivity contribution in [2.24, 2.45) is 17.8 Å². The first-order chi connectivity index (χ1) is 4.43. The van der Waals surface area contributed by atoms with E-state index >= 15 is 0 Å². The predicted octanol–water partition coefficient (Wildman–Crippen LogP) is 2.36. The molecule has 48 valence electrons. The van der Waals surface area contributed by atoms with Crippen molar-refractivity contribution in [3.05, 3.63) is 11.6 Å². The number of hydrogen-bond donors (Lipinski definition) is 0. The first-order valence-corrected chi connectivity index (χ1v) is 4.14. The van der Waals surface area contributed by atoms with Crippen molar-refractivity contribution in [1.82, 2.24) is 0 Å². The van der Waals surface area contributed by atoms with Crippen molar-refractivity contribution in [2.75, 3.05) is 0 Å². The van der Waals surface area contributed by atoms with E-state index in [2.05, 4.69) is 6.08 Å². The van der Waals surface area contributed by atoms with Gasteiger partial charge in [0.2, 0.25) is 0 Å². The molecule has 0 nitrogen and oxygen atoms in total. The van der Waals surface area contributed by atoms with Crippen molar-refractivity contribution in [1.29, 1.82) is 0 Å². The maximum atomic E-state index is 2.55. The van der Waals surface area contributed by atoms with Gasteiger partial charge in [-0.15, -0.1) is 0 Å². The van der Waals surface area contributed by atoms with Gasteiger partial charge in [0.15, 0.2) is 0 Å². The van der Waals surface area contributed by atoms with Crippen LogP contribution in [0.15, 0.2) is 11.6 Å². The summed E-state index contributed by atoms with van der Waals surface area (Å²) >= 11 is 0. The van der Waals surface area contributed by atoms with Crippen molar-refractivity contribution in [2.45, 2.75) is 25.7 Å². The molecule has 2 saturated carbocycles. The zero-order valence-corrected chi connectivity index (χ0v) is 5.64. The average Bonchev–Trinajstić information content (AvgIpc) is 2.06. The minimum Gasteiger partial charge on any atom is -0.0813 e. The molecule has 0 radical (unpaired) electrons. The SMILES string of the molecule is C1=C2CC1C1CCC2C1. The second-order valence-electron chi connectivity index (χ2n) is 3.88. The highest BCUT2D eigenvalue weighted by atomic mass is 14.5. The molecule has 0 amide bonds. The van der Waals surface area contributed by atoms with Crippen LogP contribution in [0.4, 0.5) is 0 Å². The molecule has 4 bridgehead atoms. The van der Waals surface area contributed by atoms with Crippen LogP contribution in [0.2, 0.25) is 0 Å². The molecular formula is C9H12. The first-order valence-electron chi connectivity index (χ1n) is 4.14. The summed E-state index contributed by atoms with van der Waals surface area (Å²) in [7, 11) is 0. The molecular weight excluding hydrogens is 108 g/mol. The van der Waals surface area contributed by atoms with E-state index in [9.17, 15) is 0 Å². The van der Waals surface area contributed by atoms with Crippen molar-refractivity contribution < 1.29 is 0 Å². The van der Waals surface area contributed by atoms with Gasteiger partial charge in [0.05, 0.1) is 0 Å². The molecule has 0 heterocycles. The fourth-order valence-electron chi connectivity index (χ4n) is 2.86. The molecule has 0 spiro atoms. The van der Waals surface area contributed by atoms with E-state index in [-0.39, 0.29) is 0 Å². The third kappa shape index (κ3) is 0.417. The second kappa shape index (κ2) is 1.25. The van der Waals surface area contributed by atoms with Crippen LogP contribution in [-0.2, 0) is 0 Å². The Morgan fingerprint density at radius 2 is 2.22 bits per heavy atom. The van der Waals surface area contributed by atoms with Gasteiger partial charge in [-0.2, -0.15) is 0 Å². The van der Waals surface area contributed by atoms with Crippen LogP contribution >= 0.6 is 0 Å². The molecule has 0 aromatic carbocycles. The molecule has 2 fully saturated rings. The maximum absolute atomic E-state index is 2.55. The molecule has 0 aromatic heterocycles. The summed E-state index contributed by atoms with van der Waals surface area (Å²) in [6.45, 7) is 0. The zero-order chi connectivity index (χ0) is 5.84. The minimum atomic E-state index is 1.04. The minimum absolute atomic E-state index is 1.04. The van der Waals surface area contributed by atoms with Crippen LogP contribution in [0.25, 0.3) is 0 Å². The summed E-state index contributed by atoms with van der Waals surface area (Å²) in [5.74, 6) is 3.21. The van der Waals surface area contributed by atoms with Crippen molar-refractivity contribution >= 4 is 0 Å². The van der Waals surface area contributed by atoms with Crippen molar-refractivity contribution in [3.63, 3.8) is 0 Å². The quantitative estimate of drug-likeness (QED) is 0.430. The largest absolute Gasteiger partial charge is 0.0813 e. The van der Waals surface area contributed by atoms with Gasteiger partial charge in [-0.3, -0.25) is 0 Å². The lowest BCUT2D eigenvalue weighted by Gasteiger charge is -2.37. The Morgan fingerprint density at radius 1 is 1.33 bits per heavy atom. The van der Waals surface area contributed by atoms with Crippen LogP contribution in [0.5, 0.6) is 0 Å². The van der Waals surface area contributed by atoms with Gasteiger partial charge in [0.25, 0.3) is 0 Å². The Hall–Kier alpha value is -0.260. The molecule has 4 aliphatic rings. The third-order valence-electron chi connectivity index (χ3n) is 3.50. The highest BCUT2D eigenvalue weighted by molar-refractivity contribution is 5.27. The van der Waals surface area contributed by atoms with E-state index in [1.54, 1.807) is 6.42 Å². The van der Waals surface area contributed by atoms with Crippen LogP contribution in [0, 0.1) is 17.8 Å². The summed E-state index contributed by atoms with van der Waals surface area (Å²) in [4.78, 5) is 0. The molecule has 3 atom stereocenters. The number of rotatable bonds is 0. The van der Waals surface area contributed by atoms with Gasteiger partial charge in [-0.25, -0.2) is 0 Å². The molecule has 4 rings (SSSR count). The normalized spacial score (nSPS) is 52.4. The molecule has 0 heteroatoms. The van der Waals surface area contributed by atoms with E-state index in [0.717, 1.165) is 17.8 Å². The highest BCUT2D eigenvalue weighted by Crippen LogP contribution is 2.54. The van der Waals surface area contributed by atoms with Gasteiger partial charge in [-0.1, -0.05) is 11.6 Å². The van der Waals surface area contributed by atoms with Gasteiger partial charge in [-0.05, 0) is 43.4 Å². The van der Waals surface area contributed by atoms with Gasteiger partial charge in [0.1, 0.15) is 0 Å². The van der Waals surface area contributed by atoms with Crippen LogP contribution in [-0.4, -0.2) is 0 Å². The smallest absolute Gasteiger partial charge is 0.0165 e. The average molecular weight is 120 g/mol. The lowest BCUT2D eigenvalue weighted by molar-refractivity contribution is 0.305. The van der Waals surface area contributed by atoms with E-state index in [1.165, 1.54) is 19.3 Å². The molecule has 0 N–H and O–H groups in total. The zero-order valence-electron chi connectivity index (χ0n) is 5.64. The summed E-state index contributed by atoms with van der Waals surface area (Å²) in [5, 5.41) is 0. The maximum Gasteiger partial charge on any atom is -0.0165 e. The second-order valence-corrected chi connectivity index (χ2v) is 3.88. The monoisotopic (exact) mass is 120 g/mol. The lowest BCUT2D eigenvalue weighted by atomic mass is 9.68. The fraction of sp³-hybridized carbons (Fsp3) is 0.778. The summed E-state index contributed by atoms with van der Waals surface area (Å²) in [5.41, 5.74) is 1.81. The van der Waals surface area contributed by atoms with E-state index in [1.807, 2.05) is 5.57 Å². The van der Waals surface area contributed by atoms with Gasteiger partial charge < -0.3 is 0 Å². The predicted molar refractivity (Wildman–Crippen MR) is 37.0 cm³/mol. The molecule has 4 aliphatic carbocycles. The molecule has 0 aromatic rings.